The number of aromatic hydroxyl groups is 1. The van der Waals surface area contributed by atoms with Crippen LogP contribution >= 0.6 is 0 Å². The molecule has 3 aromatic carbocycles. The molecule has 0 aromatic heterocycles. The molecule has 4 N–H and O–H groups in total. The van der Waals surface area contributed by atoms with Gasteiger partial charge in [-0.15, -0.1) is 0 Å². The van der Waals surface area contributed by atoms with E-state index in [0.29, 0.717) is 6.54 Å². The molecule has 1 heterocycles. The number of ether oxygens (including phenoxy) is 1. The maximum Gasteiger partial charge on any atom is 0.429 e. The lowest BCUT2D eigenvalue weighted by Gasteiger charge is -2.37. The molecule has 0 aliphatic carbocycles. The third-order valence-electron chi connectivity index (χ3n) is 7.31. The Morgan fingerprint density at radius 1 is 0.791 bits per heavy atom. The van der Waals surface area contributed by atoms with E-state index in [1.54, 1.807) is 17.1 Å². The molecule has 1 aliphatic heterocycles. The van der Waals surface area contributed by atoms with Crippen molar-refractivity contribution in [2.75, 3.05) is 50.9 Å². The van der Waals surface area contributed by atoms with E-state index in [1.807, 2.05) is 71.7 Å². The van der Waals surface area contributed by atoms with Crippen LogP contribution < -0.4 is 21.0 Å². The number of anilines is 1. The SMILES string of the molecule is O=C(NCCCCCNCCc1ccc(O)cc1)NCCOC(=O)N(c1ccccc1-c1ccccc1)N1CC[CH]CC1. The van der Waals surface area contributed by atoms with Crippen LogP contribution in [0.25, 0.3) is 11.1 Å². The molecule has 3 amide bonds. The molecule has 9 heteroatoms. The number of rotatable bonds is 15. The van der Waals surface area contributed by atoms with Crippen LogP contribution in [0.15, 0.2) is 78.9 Å². The van der Waals surface area contributed by atoms with Crippen molar-refractivity contribution in [1.29, 1.82) is 0 Å². The fourth-order valence-electron chi connectivity index (χ4n) is 5.02. The summed E-state index contributed by atoms with van der Waals surface area (Å²) in [5, 5.41) is 22.1. The summed E-state index contributed by atoms with van der Waals surface area (Å²) in [6, 6.07) is 24.9. The zero-order chi connectivity index (χ0) is 30.1. The first-order chi connectivity index (χ1) is 21.1. The summed E-state index contributed by atoms with van der Waals surface area (Å²) in [4.78, 5) is 25.6. The largest absolute Gasteiger partial charge is 0.508 e. The third-order valence-corrected chi connectivity index (χ3v) is 7.31. The summed E-state index contributed by atoms with van der Waals surface area (Å²) in [6.45, 7) is 4.18. The Bertz CT molecular complexity index is 1250. The zero-order valence-corrected chi connectivity index (χ0v) is 24.8. The van der Waals surface area contributed by atoms with Crippen molar-refractivity contribution in [3.05, 3.63) is 90.8 Å². The molecule has 0 spiro atoms. The average molecular weight is 587 g/mol. The van der Waals surface area contributed by atoms with Crippen molar-refractivity contribution in [1.82, 2.24) is 21.0 Å². The fraction of sp³-hybridized carbons (Fsp3) is 0.382. The van der Waals surface area contributed by atoms with Crippen LogP contribution in [0.1, 0.15) is 37.7 Å². The van der Waals surface area contributed by atoms with Crippen LogP contribution in [-0.2, 0) is 11.2 Å². The van der Waals surface area contributed by atoms with E-state index >= 15 is 0 Å². The highest BCUT2D eigenvalue weighted by molar-refractivity contribution is 5.93. The minimum Gasteiger partial charge on any atom is -0.508 e. The number of phenolic OH excluding ortho intramolecular Hbond substituents is 1. The second-order valence-electron chi connectivity index (χ2n) is 10.5. The zero-order valence-electron chi connectivity index (χ0n) is 24.8. The number of para-hydroxylation sites is 1. The summed E-state index contributed by atoms with van der Waals surface area (Å²) in [6.07, 6.45) is 7.45. The summed E-state index contributed by atoms with van der Waals surface area (Å²) < 4.78 is 5.65. The van der Waals surface area contributed by atoms with Crippen LogP contribution in [0.4, 0.5) is 15.3 Å². The van der Waals surface area contributed by atoms with Crippen LogP contribution in [0.3, 0.4) is 0 Å². The number of benzene rings is 3. The second-order valence-corrected chi connectivity index (χ2v) is 10.5. The molecule has 9 nitrogen and oxygen atoms in total. The summed E-state index contributed by atoms with van der Waals surface area (Å²) in [7, 11) is 0. The number of nitrogens with zero attached hydrogens (tertiary/aromatic N) is 2. The lowest BCUT2D eigenvalue weighted by molar-refractivity contribution is 0.126. The van der Waals surface area contributed by atoms with Gasteiger partial charge >= 0.3 is 12.1 Å². The van der Waals surface area contributed by atoms with Gasteiger partial charge in [-0.25, -0.2) is 19.6 Å². The second kappa shape index (κ2) is 17.8. The Labute approximate surface area is 255 Å². The van der Waals surface area contributed by atoms with Crippen molar-refractivity contribution in [3.63, 3.8) is 0 Å². The van der Waals surface area contributed by atoms with Gasteiger partial charge in [0.2, 0.25) is 0 Å². The van der Waals surface area contributed by atoms with E-state index in [4.69, 9.17) is 4.74 Å². The number of carbonyl (C=O) groups is 2. The number of piperidine rings is 1. The number of phenols is 1. The van der Waals surface area contributed by atoms with E-state index in [-0.39, 0.29) is 24.9 Å². The molecule has 4 rings (SSSR count). The molecule has 0 saturated carbocycles. The van der Waals surface area contributed by atoms with Gasteiger partial charge in [0, 0.05) is 25.2 Å². The van der Waals surface area contributed by atoms with E-state index in [1.165, 1.54) is 5.56 Å². The van der Waals surface area contributed by atoms with Crippen molar-refractivity contribution < 1.29 is 19.4 Å². The third kappa shape index (κ3) is 10.6. The van der Waals surface area contributed by atoms with Crippen LogP contribution in [-0.4, -0.2) is 68.1 Å². The molecular weight excluding hydrogens is 542 g/mol. The summed E-state index contributed by atoms with van der Waals surface area (Å²) in [5.74, 6) is 0.290. The predicted octanol–water partition coefficient (Wildman–Crippen LogP) is 5.52. The molecule has 1 saturated heterocycles. The number of urea groups is 1. The Hall–Kier alpha value is -4.08. The normalized spacial score (nSPS) is 13.3. The highest BCUT2D eigenvalue weighted by atomic mass is 16.6. The molecule has 1 aliphatic rings. The number of hydrogen-bond acceptors (Lipinski definition) is 6. The molecule has 0 atom stereocenters. The number of hydrazine groups is 1. The quantitative estimate of drug-likeness (QED) is 0.175. The van der Waals surface area contributed by atoms with Gasteiger partial charge in [-0.3, -0.25) is 0 Å². The topological polar surface area (TPSA) is 106 Å². The number of hydrogen-bond donors (Lipinski definition) is 4. The van der Waals surface area contributed by atoms with E-state index < -0.39 is 6.09 Å². The van der Waals surface area contributed by atoms with E-state index in [2.05, 4.69) is 22.4 Å². The summed E-state index contributed by atoms with van der Waals surface area (Å²) in [5.41, 5.74) is 3.96. The monoisotopic (exact) mass is 586 g/mol. The maximum atomic E-state index is 13.4. The molecular formula is C34H44N5O4. The number of carbonyl (C=O) groups excluding carboxylic acids is 2. The van der Waals surface area contributed by atoms with Gasteiger partial charge in [-0.2, -0.15) is 0 Å². The van der Waals surface area contributed by atoms with Crippen molar-refractivity contribution in [2.24, 2.45) is 0 Å². The van der Waals surface area contributed by atoms with Crippen LogP contribution in [0.2, 0.25) is 0 Å². The molecule has 0 bridgehead atoms. The Balaban J connectivity index is 1.13. The van der Waals surface area contributed by atoms with Gasteiger partial charge < -0.3 is 25.8 Å². The average Bonchev–Trinajstić information content (AvgIpc) is 3.04. The Kier molecular flexibility index (Phi) is 13.2. The smallest absolute Gasteiger partial charge is 0.429 e. The van der Waals surface area contributed by atoms with Gasteiger partial charge in [0.05, 0.1) is 12.2 Å². The van der Waals surface area contributed by atoms with Gasteiger partial charge in [-0.05, 0) is 80.9 Å². The highest BCUT2D eigenvalue weighted by Gasteiger charge is 2.28. The predicted molar refractivity (Wildman–Crippen MR) is 171 cm³/mol. The first-order valence-electron chi connectivity index (χ1n) is 15.3. The van der Waals surface area contributed by atoms with Crippen molar-refractivity contribution in [3.8, 4) is 16.9 Å². The first kappa shape index (κ1) is 31.8. The standard InChI is InChI=1S/C34H44N5O4/c40-30-18-16-28(17-19-30)20-23-35-21-8-2-9-22-36-33(41)37-24-27-43-34(42)39(38-25-10-3-11-26-38)32-15-7-6-14-31(32)29-12-4-1-5-13-29/h1,3-7,12-19,35,40H,2,8-11,20-27H2,(H2,36,37,41). The van der Waals surface area contributed by atoms with Gasteiger partial charge in [0.15, 0.2) is 0 Å². The molecule has 43 heavy (non-hydrogen) atoms. The number of nitrogens with one attached hydrogen (secondary N) is 3. The van der Waals surface area contributed by atoms with Crippen LogP contribution in [0.5, 0.6) is 5.75 Å². The first-order valence-corrected chi connectivity index (χ1v) is 15.3. The minimum atomic E-state index is -0.454. The fourth-order valence-corrected chi connectivity index (χ4v) is 5.02. The lowest BCUT2D eigenvalue weighted by atomic mass is 10.0. The lowest BCUT2D eigenvalue weighted by Crippen LogP contribution is -2.50. The number of unbranched alkanes of at least 4 members (excludes halogenated alkanes) is 2. The van der Waals surface area contributed by atoms with Gasteiger partial charge in [0.1, 0.15) is 12.4 Å². The Morgan fingerprint density at radius 2 is 1.49 bits per heavy atom. The van der Waals surface area contributed by atoms with Crippen molar-refractivity contribution in [2.45, 2.75) is 38.5 Å². The van der Waals surface area contributed by atoms with E-state index in [9.17, 15) is 14.7 Å². The maximum absolute atomic E-state index is 13.4. The summed E-state index contributed by atoms with van der Waals surface area (Å²) >= 11 is 0. The molecule has 0 unspecified atom stereocenters. The molecule has 229 valence electrons. The van der Waals surface area contributed by atoms with Crippen LogP contribution in [0, 0.1) is 6.42 Å². The van der Waals surface area contributed by atoms with Gasteiger partial charge in [0.25, 0.3) is 0 Å². The minimum absolute atomic E-state index is 0.0754. The molecule has 1 fully saturated rings. The number of amides is 3. The van der Waals surface area contributed by atoms with Gasteiger partial charge in [-0.1, -0.05) is 67.1 Å². The highest BCUT2D eigenvalue weighted by Crippen LogP contribution is 2.33. The molecule has 1 radical (unpaired) electrons. The van der Waals surface area contributed by atoms with E-state index in [0.717, 1.165) is 81.5 Å². The molecule has 3 aromatic rings. The van der Waals surface area contributed by atoms with Crippen molar-refractivity contribution >= 4 is 17.8 Å². The Morgan fingerprint density at radius 3 is 2.28 bits per heavy atom.